The van der Waals surface area contributed by atoms with Crippen LogP contribution >= 0.6 is 15.9 Å². The third kappa shape index (κ3) is 2.54. The minimum Gasteiger partial charge on any atom is -0.473 e. The standard InChI is InChI=1S/C15H14BrN3O/c1-2-19-9-13(16)12-3-4-14(18-15(12)19)20-10-11-5-7-17-8-6-11/h3-9H,2,10H2,1H3. The van der Waals surface area contributed by atoms with Gasteiger partial charge in [0.15, 0.2) is 0 Å². The Balaban J connectivity index is 1.85. The Bertz CT molecular complexity index is 725. The summed E-state index contributed by atoms with van der Waals surface area (Å²) in [5.74, 6) is 0.634. The fourth-order valence-corrected chi connectivity index (χ4v) is 2.62. The second-order valence-corrected chi connectivity index (χ2v) is 5.28. The van der Waals surface area contributed by atoms with Crippen molar-refractivity contribution in [2.45, 2.75) is 20.1 Å². The van der Waals surface area contributed by atoms with Crippen LogP contribution in [0.25, 0.3) is 11.0 Å². The molecule has 5 heteroatoms. The molecule has 3 heterocycles. The van der Waals surface area contributed by atoms with Crippen molar-refractivity contribution < 1.29 is 4.74 Å². The molecular weight excluding hydrogens is 318 g/mol. The van der Waals surface area contributed by atoms with Crippen molar-refractivity contribution in [2.75, 3.05) is 0 Å². The maximum absolute atomic E-state index is 5.74. The van der Waals surface area contributed by atoms with E-state index in [0.29, 0.717) is 12.5 Å². The van der Waals surface area contributed by atoms with E-state index in [0.717, 1.165) is 27.6 Å². The molecular formula is C15H14BrN3O. The maximum Gasteiger partial charge on any atom is 0.215 e. The van der Waals surface area contributed by atoms with E-state index >= 15 is 0 Å². The molecule has 0 radical (unpaired) electrons. The largest absolute Gasteiger partial charge is 0.473 e. The molecule has 0 fully saturated rings. The molecule has 0 saturated heterocycles. The van der Waals surface area contributed by atoms with Gasteiger partial charge in [-0.15, -0.1) is 0 Å². The summed E-state index contributed by atoms with van der Waals surface area (Å²) in [5, 5.41) is 1.10. The molecule has 0 atom stereocenters. The van der Waals surface area contributed by atoms with Crippen LogP contribution in [0.3, 0.4) is 0 Å². The van der Waals surface area contributed by atoms with Crippen LogP contribution in [0.4, 0.5) is 0 Å². The van der Waals surface area contributed by atoms with Crippen LogP contribution in [-0.4, -0.2) is 14.5 Å². The highest BCUT2D eigenvalue weighted by Gasteiger charge is 2.08. The molecule has 0 saturated carbocycles. The van der Waals surface area contributed by atoms with Crippen molar-refractivity contribution in [3.8, 4) is 5.88 Å². The van der Waals surface area contributed by atoms with Gasteiger partial charge in [0.1, 0.15) is 12.3 Å². The van der Waals surface area contributed by atoms with Crippen molar-refractivity contribution in [1.29, 1.82) is 0 Å². The normalized spacial score (nSPS) is 10.9. The third-order valence-electron chi connectivity index (χ3n) is 3.12. The number of hydrogen-bond acceptors (Lipinski definition) is 3. The molecule has 0 amide bonds. The summed E-state index contributed by atoms with van der Waals surface area (Å²) in [6.45, 7) is 3.47. The minimum absolute atomic E-state index is 0.495. The lowest BCUT2D eigenvalue weighted by molar-refractivity contribution is 0.294. The summed E-state index contributed by atoms with van der Waals surface area (Å²) in [4.78, 5) is 8.56. The number of hydrogen-bond donors (Lipinski definition) is 0. The number of nitrogens with zero attached hydrogens (tertiary/aromatic N) is 3. The maximum atomic E-state index is 5.74. The monoisotopic (exact) mass is 331 g/mol. The lowest BCUT2D eigenvalue weighted by Gasteiger charge is -2.06. The van der Waals surface area contributed by atoms with Gasteiger partial charge in [-0.3, -0.25) is 4.98 Å². The molecule has 0 aromatic carbocycles. The summed E-state index contributed by atoms with van der Waals surface area (Å²) in [5.41, 5.74) is 2.01. The van der Waals surface area contributed by atoms with Gasteiger partial charge in [-0.1, -0.05) is 0 Å². The average Bonchev–Trinajstić information content (AvgIpc) is 2.82. The lowest BCUT2D eigenvalue weighted by atomic mass is 10.3. The van der Waals surface area contributed by atoms with Crippen LogP contribution in [0.15, 0.2) is 47.3 Å². The molecule has 0 spiro atoms. The topological polar surface area (TPSA) is 39.9 Å². The Morgan fingerprint density at radius 1 is 1.20 bits per heavy atom. The van der Waals surface area contributed by atoms with E-state index in [4.69, 9.17) is 4.74 Å². The van der Waals surface area contributed by atoms with Gasteiger partial charge in [-0.2, -0.15) is 4.98 Å². The highest BCUT2D eigenvalue weighted by molar-refractivity contribution is 9.10. The molecule has 102 valence electrons. The van der Waals surface area contributed by atoms with E-state index in [1.54, 1.807) is 12.4 Å². The molecule has 0 aliphatic rings. The number of halogens is 1. The smallest absolute Gasteiger partial charge is 0.215 e. The molecule has 0 aliphatic heterocycles. The predicted molar refractivity (Wildman–Crippen MR) is 81.7 cm³/mol. The van der Waals surface area contributed by atoms with Gasteiger partial charge < -0.3 is 9.30 Å². The number of aromatic nitrogens is 3. The van der Waals surface area contributed by atoms with Crippen molar-refractivity contribution in [3.05, 3.63) is 52.9 Å². The van der Waals surface area contributed by atoms with Crippen LogP contribution in [0.2, 0.25) is 0 Å². The van der Waals surface area contributed by atoms with Crippen LogP contribution in [-0.2, 0) is 13.2 Å². The van der Waals surface area contributed by atoms with Crippen molar-refractivity contribution in [3.63, 3.8) is 0 Å². The first kappa shape index (κ1) is 13.1. The van der Waals surface area contributed by atoms with Gasteiger partial charge in [-0.05, 0) is 46.6 Å². The molecule has 20 heavy (non-hydrogen) atoms. The molecule has 0 unspecified atom stereocenters. The number of rotatable bonds is 4. The Hall–Kier alpha value is -1.88. The first-order valence-corrected chi connectivity index (χ1v) is 7.24. The Kier molecular flexibility index (Phi) is 3.69. The molecule has 3 aromatic rings. The zero-order chi connectivity index (χ0) is 13.9. The van der Waals surface area contributed by atoms with E-state index in [9.17, 15) is 0 Å². The summed E-state index contributed by atoms with van der Waals surface area (Å²) in [7, 11) is 0. The van der Waals surface area contributed by atoms with Crippen molar-refractivity contribution in [2.24, 2.45) is 0 Å². The zero-order valence-corrected chi connectivity index (χ0v) is 12.7. The van der Waals surface area contributed by atoms with Crippen LogP contribution in [0.5, 0.6) is 5.88 Å². The number of pyridine rings is 2. The van der Waals surface area contributed by atoms with Crippen LogP contribution < -0.4 is 4.74 Å². The van der Waals surface area contributed by atoms with E-state index in [1.807, 2.05) is 30.5 Å². The van der Waals surface area contributed by atoms with Crippen LogP contribution in [0, 0.1) is 0 Å². The molecule has 3 aromatic heterocycles. The zero-order valence-electron chi connectivity index (χ0n) is 11.1. The summed E-state index contributed by atoms with van der Waals surface area (Å²) in [6.07, 6.45) is 5.56. The molecule has 3 rings (SSSR count). The third-order valence-corrected chi connectivity index (χ3v) is 3.76. The minimum atomic E-state index is 0.495. The molecule has 0 bridgehead atoms. The summed E-state index contributed by atoms with van der Waals surface area (Å²) in [6, 6.07) is 7.79. The molecule has 0 N–H and O–H groups in total. The first-order valence-electron chi connectivity index (χ1n) is 6.45. The van der Waals surface area contributed by atoms with Crippen molar-refractivity contribution in [1.82, 2.24) is 14.5 Å². The first-order chi connectivity index (χ1) is 9.78. The van der Waals surface area contributed by atoms with Gasteiger partial charge in [-0.25, -0.2) is 0 Å². The van der Waals surface area contributed by atoms with E-state index in [-0.39, 0.29) is 0 Å². The number of aryl methyl sites for hydroxylation is 1. The average molecular weight is 332 g/mol. The van der Waals surface area contributed by atoms with Gasteiger partial charge in [0, 0.05) is 41.1 Å². The Labute approximate surface area is 125 Å². The number of fused-ring (bicyclic) bond motifs is 1. The Morgan fingerprint density at radius 2 is 2.00 bits per heavy atom. The number of ether oxygens (including phenoxy) is 1. The highest BCUT2D eigenvalue weighted by atomic mass is 79.9. The van der Waals surface area contributed by atoms with Gasteiger partial charge in [0.2, 0.25) is 5.88 Å². The Morgan fingerprint density at radius 3 is 2.75 bits per heavy atom. The molecule has 0 aliphatic carbocycles. The van der Waals surface area contributed by atoms with E-state index in [2.05, 4.69) is 37.4 Å². The fourth-order valence-electron chi connectivity index (χ4n) is 2.06. The second-order valence-electron chi connectivity index (χ2n) is 4.43. The quantitative estimate of drug-likeness (QED) is 0.730. The predicted octanol–water partition coefficient (Wildman–Crippen LogP) is 3.79. The highest BCUT2D eigenvalue weighted by Crippen LogP contribution is 2.27. The van der Waals surface area contributed by atoms with Crippen molar-refractivity contribution >= 4 is 27.0 Å². The summed E-state index contributed by atoms with van der Waals surface area (Å²) < 4.78 is 8.90. The van der Waals surface area contributed by atoms with E-state index < -0.39 is 0 Å². The van der Waals surface area contributed by atoms with Crippen LogP contribution in [0.1, 0.15) is 12.5 Å². The van der Waals surface area contributed by atoms with Gasteiger partial charge >= 0.3 is 0 Å². The molecule has 4 nitrogen and oxygen atoms in total. The fraction of sp³-hybridized carbons (Fsp3) is 0.200. The van der Waals surface area contributed by atoms with E-state index in [1.165, 1.54) is 0 Å². The lowest BCUT2D eigenvalue weighted by Crippen LogP contribution is -1.99. The summed E-state index contributed by atoms with van der Waals surface area (Å²) >= 11 is 3.55. The van der Waals surface area contributed by atoms with Gasteiger partial charge in [0.05, 0.1) is 0 Å². The van der Waals surface area contributed by atoms with Gasteiger partial charge in [0.25, 0.3) is 0 Å². The second kappa shape index (κ2) is 5.63. The SMILES string of the molecule is CCn1cc(Br)c2ccc(OCc3ccncc3)nc21.